The number of benzene rings is 2. The molecule has 0 radical (unpaired) electrons. The van der Waals surface area contributed by atoms with Gasteiger partial charge in [-0.15, -0.1) is 0 Å². The van der Waals surface area contributed by atoms with Crippen molar-refractivity contribution in [3.8, 4) is 16.9 Å². The molecule has 0 spiro atoms. The molecular formula is C29H40O2. The van der Waals surface area contributed by atoms with Gasteiger partial charge in [-0.3, -0.25) is 4.79 Å². The molecule has 168 valence electrons. The van der Waals surface area contributed by atoms with E-state index in [0.717, 1.165) is 24.7 Å². The number of hydrogen-bond donors (Lipinski definition) is 0. The Bertz CT molecular complexity index is 821. The largest absolute Gasteiger partial charge is 0.427 e. The quantitative estimate of drug-likeness (QED) is 0.208. The van der Waals surface area contributed by atoms with Crippen LogP contribution in [0, 0.1) is 11.8 Å². The molecule has 0 N–H and O–H groups in total. The zero-order chi connectivity index (χ0) is 22.1. The van der Waals surface area contributed by atoms with Crippen LogP contribution in [0.15, 0.2) is 42.5 Å². The van der Waals surface area contributed by atoms with Gasteiger partial charge < -0.3 is 4.74 Å². The van der Waals surface area contributed by atoms with Crippen LogP contribution in [0.25, 0.3) is 11.1 Å². The standard InChI is InChI=1S/C29H40O2/c1-4-6-7-8-9-10-29(30)31-28-17-15-24(16-18-28)26-14-13-25-20-23(19-22(3)5-2)11-12-27(25)21-26/h13-18,21-23H,4-12,19-20H2,1-3H3. The predicted molar refractivity (Wildman–Crippen MR) is 130 cm³/mol. The van der Waals surface area contributed by atoms with Crippen LogP contribution < -0.4 is 4.74 Å². The molecule has 0 aliphatic heterocycles. The molecule has 0 amide bonds. The Labute approximate surface area is 189 Å². The molecule has 0 saturated carbocycles. The summed E-state index contributed by atoms with van der Waals surface area (Å²) in [5, 5.41) is 0. The molecule has 2 atom stereocenters. The molecule has 2 unspecified atom stereocenters. The highest BCUT2D eigenvalue weighted by molar-refractivity contribution is 5.73. The molecule has 2 heteroatoms. The number of carbonyl (C=O) groups excluding carboxylic acids is 1. The minimum atomic E-state index is -0.120. The minimum absolute atomic E-state index is 0.120. The van der Waals surface area contributed by atoms with Crippen molar-refractivity contribution in [3.63, 3.8) is 0 Å². The van der Waals surface area contributed by atoms with E-state index in [2.05, 4.69) is 51.1 Å². The second-order valence-corrected chi connectivity index (χ2v) is 9.50. The summed E-state index contributed by atoms with van der Waals surface area (Å²) in [5.41, 5.74) is 5.49. The van der Waals surface area contributed by atoms with Crippen LogP contribution in [0.3, 0.4) is 0 Å². The van der Waals surface area contributed by atoms with E-state index in [1.165, 1.54) is 73.6 Å². The van der Waals surface area contributed by atoms with Crippen molar-refractivity contribution in [1.29, 1.82) is 0 Å². The maximum atomic E-state index is 12.1. The van der Waals surface area contributed by atoms with E-state index in [1.54, 1.807) is 0 Å². The highest BCUT2D eigenvalue weighted by Crippen LogP contribution is 2.33. The molecule has 0 fully saturated rings. The fraction of sp³-hybridized carbons (Fsp3) is 0.552. The normalized spacial score (nSPS) is 16.5. The summed E-state index contributed by atoms with van der Waals surface area (Å²) >= 11 is 0. The van der Waals surface area contributed by atoms with Crippen molar-refractivity contribution in [3.05, 3.63) is 53.6 Å². The third-order valence-corrected chi connectivity index (χ3v) is 6.87. The van der Waals surface area contributed by atoms with Gasteiger partial charge in [-0.05, 0) is 78.3 Å². The van der Waals surface area contributed by atoms with Gasteiger partial charge in [0.2, 0.25) is 0 Å². The molecule has 0 bridgehead atoms. The molecule has 3 rings (SSSR count). The van der Waals surface area contributed by atoms with Gasteiger partial charge in [-0.1, -0.05) is 83.2 Å². The van der Waals surface area contributed by atoms with E-state index in [4.69, 9.17) is 4.74 Å². The molecule has 0 saturated heterocycles. The van der Waals surface area contributed by atoms with Crippen LogP contribution in [0.2, 0.25) is 0 Å². The molecule has 2 nitrogen and oxygen atoms in total. The highest BCUT2D eigenvalue weighted by Gasteiger charge is 2.20. The minimum Gasteiger partial charge on any atom is -0.427 e. The van der Waals surface area contributed by atoms with E-state index in [1.807, 2.05) is 12.1 Å². The molecular weight excluding hydrogens is 380 g/mol. The number of aryl methyl sites for hydroxylation is 1. The average Bonchev–Trinajstić information content (AvgIpc) is 2.79. The van der Waals surface area contributed by atoms with E-state index in [9.17, 15) is 4.79 Å². The SMILES string of the molecule is CCCCCCCC(=O)Oc1ccc(-c2ccc3c(c2)CCC(CC(C)CC)C3)cc1. The van der Waals surface area contributed by atoms with Gasteiger partial charge in [-0.2, -0.15) is 0 Å². The lowest BCUT2D eigenvalue weighted by Gasteiger charge is -2.27. The number of hydrogen-bond acceptors (Lipinski definition) is 2. The van der Waals surface area contributed by atoms with Gasteiger partial charge in [0, 0.05) is 6.42 Å². The van der Waals surface area contributed by atoms with E-state index >= 15 is 0 Å². The summed E-state index contributed by atoms with van der Waals surface area (Å²) in [4.78, 5) is 12.1. The summed E-state index contributed by atoms with van der Waals surface area (Å²) in [6, 6.07) is 14.9. The van der Waals surface area contributed by atoms with Crippen LogP contribution in [0.4, 0.5) is 0 Å². The van der Waals surface area contributed by atoms with Gasteiger partial charge in [0.1, 0.15) is 5.75 Å². The molecule has 0 aromatic heterocycles. The molecule has 31 heavy (non-hydrogen) atoms. The Kier molecular flexibility index (Phi) is 9.18. The lowest BCUT2D eigenvalue weighted by atomic mass is 9.78. The first kappa shape index (κ1) is 23.6. The number of ether oxygens (including phenoxy) is 1. The van der Waals surface area contributed by atoms with Crippen LogP contribution >= 0.6 is 0 Å². The van der Waals surface area contributed by atoms with Crippen LogP contribution in [-0.2, 0) is 17.6 Å². The molecule has 2 aromatic carbocycles. The number of esters is 1. The molecule has 1 aliphatic carbocycles. The summed E-state index contributed by atoms with van der Waals surface area (Å²) in [5.74, 6) is 2.20. The van der Waals surface area contributed by atoms with E-state index in [-0.39, 0.29) is 5.97 Å². The Morgan fingerprint density at radius 3 is 2.45 bits per heavy atom. The topological polar surface area (TPSA) is 26.3 Å². The van der Waals surface area contributed by atoms with Crippen molar-refractivity contribution >= 4 is 5.97 Å². The van der Waals surface area contributed by atoms with Crippen molar-refractivity contribution in [2.24, 2.45) is 11.8 Å². The van der Waals surface area contributed by atoms with Crippen LogP contribution in [0.1, 0.15) is 89.7 Å². The van der Waals surface area contributed by atoms with Gasteiger partial charge in [0.05, 0.1) is 0 Å². The fourth-order valence-corrected chi connectivity index (χ4v) is 4.72. The third-order valence-electron chi connectivity index (χ3n) is 6.87. The maximum absolute atomic E-state index is 12.1. The van der Waals surface area contributed by atoms with E-state index in [0.29, 0.717) is 12.2 Å². The maximum Gasteiger partial charge on any atom is 0.311 e. The number of unbranched alkanes of at least 4 members (excludes halogenated alkanes) is 4. The number of carbonyl (C=O) groups is 1. The smallest absolute Gasteiger partial charge is 0.311 e. The summed E-state index contributed by atoms with van der Waals surface area (Å²) in [6.07, 6.45) is 12.6. The van der Waals surface area contributed by atoms with Crippen molar-refractivity contribution in [1.82, 2.24) is 0 Å². The number of rotatable bonds is 11. The lowest BCUT2D eigenvalue weighted by molar-refractivity contribution is -0.134. The van der Waals surface area contributed by atoms with E-state index < -0.39 is 0 Å². The van der Waals surface area contributed by atoms with Gasteiger partial charge in [0.25, 0.3) is 0 Å². The Hall–Kier alpha value is -2.09. The Morgan fingerprint density at radius 2 is 1.71 bits per heavy atom. The first-order valence-electron chi connectivity index (χ1n) is 12.5. The van der Waals surface area contributed by atoms with Crippen molar-refractivity contribution in [2.45, 2.75) is 91.4 Å². The highest BCUT2D eigenvalue weighted by atomic mass is 16.5. The average molecular weight is 421 g/mol. The first-order valence-corrected chi connectivity index (χ1v) is 12.5. The fourth-order valence-electron chi connectivity index (χ4n) is 4.72. The second kappa shape index (κ2) is 12.1. The zero-order valence-electron chi connectivity index (χ0n) is 19.8. The second-order valence-electron chi connectivity index (χ2n) is 9.50. The third kappa shape index (κ3) is 7.23. The summed E-state index contributed by atoms with van der Waals surface area (Å²) in [6.45, 7) is 6.88. The Balaban J connectivity index is 1.54. The summed E-state index contributed by atoms with van der Waals surface area (Å²) < 4.78 is 5.52. The van der Waals surface area contributed by atoms with Gasteiger partial charge in [0.15, 0.2) is 0 Å². The number of fused-ring (bicyclic) bond motifs is 1. The lowest BCUT2D eigenvalue weighted by Crippen LogP contribution is -2.16. The van der Waals surface area contributed by atoms with Crippen molar-refractivity contribution in [2.75, 3.05) is 0 Å². The Morgan fingerprint density at radius 1 is 0.968 bits per heavy atom. The van der Waals surface area contributed by atoms with Crippen LogP contribution in [0.5, 0.6) is 5.75 Å². The van der Waals surface area contributed by atoms with Crippen LogP contribution in [-0.4, -0.2) is 5.97 Å². The van der Waals surface area contributed by atoms with Gasteiger partial charge in [-0.25, -0.2) is 0 Å². The van der Waals surface area contributed by atoms with Gasteiger partial charge >= 0.3 is 5.97 Å². The zero-order valence-corrected chi connectivity index (χ0v) is 19.8. The summed E-state index contributed by atoms with van der Waals surface area (Å²) in [7, 11) is 0. The molecule has 0 heterocycles. The van der Waals surface area contributed by atoms with Crippen molar-refractivity contribution < 1.29 is 9.53 Å². The monoisotopic (exact) mass is 420 g/mol. The molecule has 1 aliphatic rings. The first-order chi connectivity index (χ1) is 15.1. The predicted octanol–water partition coefficient (Wildman–Crippen LogP) is 8.16. The molecule has 2 aromatic rings.